The van der Waals surface area contributed by atoms with E-state index in [9.17, 15) is 4.39 Å². The second kappa shape index (κ2) is 2.73. The lowest BCUT2D eigenvalue weighted by atomic mass is 10.1. The van der Waals surface area contributed by atoms with Gasteiger partial charge in [0.25, 0.3) is 0 Å². The first-order chi connectivity index (χ1) is 6.47. The largest absolute Gasteiger partial charge is 0.238 e. The molecule has 0 saturated carbocycles. The average Bonchev–Trinajstić information content (AvgIpc) is 2.41. The van der Waals surface area contributed by atoms with E-state index in [0.717, 1.165) is 0 Å². The van der Waals surface area contributed by atoms with Crippen molar-refractivity contribution in [2.24, 2.45) is 0 Å². The van der Waals surface area contributed by atoms with Crippen LogP contribution in [0.4, 0.5) is 4.39 Å². The molecule has 0 fully saturated rings. The van der Waals surface area contributed by atoms with Gasteiger partial charge < -0.3 is 0 Å². The summed E-state index contributed by atoms with van der Waals surface area (Å²) in [5.74, 6) is 0.653. The number of aryl methyl sites for hydroxylation is 1. The molecule has 2 rings (SSSR count). The normalized spacial score (nSPS) is 12.3. The van der Waals surface area contributed by atoms with E-state index in [1.165, 1.54) is 24.7 Å². The fourth-order valence-electron chi connectivity index (χ4n) is 1.23. The van der Waals surface area contributed by atoms with Crippen LogP contribution in [0.15, 0.2) is 12.4 Å². The molecule has 0 radical (unpaired) electrons. The summed E-state index contributed by atoms with van der Waals surface area (Å²) in [6, 6.07) is 1.61. The third-order valence-corrected chi connectivity index (χ3v) is 1.94. The maximum atomic E-state index is 13.5. The van der Waals surface area contributed by atoms with Crippen molar-refractivity contribution in [2.75, 3.05) is 0 Å². The zero-order valence-corrected chi connectivity index (χ0v) is 8.32. The topological polar surface area (TPSA) is 43.1 Å². The SMILES string of the molecule is Cc1nc2cc(C(C)(C)F)ncn2n1. The lowest BCUT2D eigenvalue weighted by Crippen LogP contribution is -2.12. The van der Waals surface area contributed by atoms with E-state index >= 15 is 0 Å². The molecule has 0 aliphatic carbocycles. The third kappa shape index (κ3) is 1.45. The highest BCUT2D eigenvalue weighted by Gasteiger charge is 2.21. The van der Waals surface area contributed by atoms with E-state index in [4.69, 9.17) is 0 Å². The van der Waals surface area contributed by atoms with Crippen LogP contribution in [0.25, 0.3) is 5.65 Å². The molecular formula is C9H11FN4. The van der Waals surface area contributed by atoms with E-state index in [-0.39, 0.29) is 0 Å². The van der Waals surface area contributed by atoms with E-state index < -0.39 is 5.67 Å². The van der Waals surface area contributed by atoms with Gasteiger partial charge in [0.1, 0.15) is 17.8 Å². The monoisotopic (exact) mass is 194 g/mol. The molecule has 4 nitrogen and oxygen atoms in total. The zero-order valence-electron chi connectivity index (χ0n) is 8.32. The zero-order chi connectivity index (χ0) is 10.3. The first kappa shape index (κ1) is 9.05. The first-order valence-corrected chi connectivity index (χ1v) is 4.35. The van der Waals surface area contributed by atoms with Crippen LogP contribution in [0.5, 0.6) is 0 Å². The van der Waals surface area contributed by atoms with Gasteiger partial charge in [0.2, 0.25) is 0 Å². The van der Waals surface area contributed by atoms with Crippen molar-refractivity contribution in [2.45, 2.75) is 26.4 Å². The Balaban J connectivity index is 2.62. The van der Waals surface area contributed by atoms with Crippen LogP contribution in [0.3, 0.4) is 0 Å². The average molecular weight is 194 g/mol. The Kier molecular flexibility index (Phi) is 1.77. The Hall–Kier alpha value is -1.52. The molecule has 0 aliphatic rings. The lowest BCUT2D eigenvalue weighted by molar-refractivity contribution is 0.214. The Bertz CT molecular complexity index is 469. The van der Waals surface area contributed by atoms with Gasteiger partial charge in [-0.2, -0.15) is 5.10 Å². The minimum atomic E-state index is -1.44. The molecule has 2 heterocycles. The van der Waals surface area contributed by atoms with Crippen molar-refractivity contribution >= 4 is 5.65 Å². The second-order valence-corrected chi connectivity index (χ2v) is 3.71. The molecule has 0 N–H and O–H groups in total. The number of rotatable bonds is 1. The third-order valence-electron chi connectivity index (χ3n) is 1.94. The number of hydrogen-bond donors (Lipinski definition) is 0. The van der Waals surface area contributed by atoms with Gasteiger partial charge in [-0.15, -0.1) is 0 Å². The van der Waals surface area contributed by atoms with E-state index in [2.05, 4.69) is 15.1 Å². The number of halogens is 1. The quantitative estimate of drug-likeness (QED) is 0.693. The molecule has 5 heteroatoms. The molecule has 0 saturated heterocycles. The molecule has 14 heavy (non-hydrogen) atoms. The second-order valence-electron chi connectivity index (χ2n) is 3.71. The van der Waals surface area contributed by atoms with Gasteiger partial charge in [0, 0.05) is 6.07 Å². The highest BCUT2D eigenvalue weighted by Crippen LogP contribution is 2.22. The predicted molar refractivity (Wildman–Crippen MR) is 49.7 cm³/mol. The summed E-state index contributed by atoms with van der Waals surface area (Å²) in [4.78, 5) is 8.11. The van der Waals surface area contributed by atoms with Gasteiger partial charge in [0.05, 0.1) is 5.69 Å². The minimum absolute atomic E-state index is 0.373. The summed E-state index contributed by atoms with van der Waals surface area (Å²) in [6.45, 7) is 4.72. The summed E-state index contributed by atoms with van der Waals surface area (Å²) < 4.78 is 15.1. The predicted octanol–water partition coefficient (Wildman–Crippen LogP) is 1.64. The maximum absolute atomic E-state index is 13.5. The van der Waals surface area contributed by atoms with E-state index in [1.54, 1.807) is 13.0 Å². The van der Waals surface area contributed by atoms with Crippen molar-refractivity contribution in [3.05, 3.63) is 23.9 Å². The molecule has 0 unspecified atom stereocenters. The Labute approximate surface area is 80.8 Å². The molecule has 0 spiro atoms. The molecular weight excluding hydrogens is 183 g/mol. The number of nitrogens with zero attached hydrogens (tertiary/aromatic N) is 4. The van der Waals surface area contributed by atoms with Gasteiger partial charge in [-0.3, -0.25) is 0 Å². The van der Waals surface area contributed by atoms with Crippen LogP contribution in [0.2, 0.25) is 0 Å². The molecule has 0 amide bonds. The van der Waals surface area contributed by atoms with Gasteiger partial charge in [-0.05, 0) is 20.8 Å². The maximum Gasteiger partial charge on any atom is 0.159 e. The molecule has 0 atom stereocenters. The molecule has 74 valence electrons. The smallest absolute Gasteiger partial charge is 0.159 e. The summed E-state index contributed by atoms with van der Waals surface area (Å²) in [7, 11) is 0. The lowest BCUT2D eigenvalue weighted by Gasteiger charge is -2.12. The van der Waals surface area contributed by atoms with Crippen LogP contribution in [-0.4, -0.2) is 19.6 Å². The van der Waals surface area contributed by atoms with Crippen molar-refractivity contribution in [3.8, 4) is 0 Å². The Morgan fingerprint density at radius 1 is 1.43 bits per heavy atom. The first-order valence-electron chi connectivity index (χ1n) is 4.35. The van der Waals surface area contributed by atoms with Crippen LogP contribution in [0.1, 0.15) is 25.4 Å². The highest BCUT2D eigenvalue weighted by atomic mass is 19.1. The standard InChI is InChI=1S/C9H11FN4/c1-6-12-8-4-7(9(2,3)10)11-5-14(8)13-6/h4-5H,1-3H3. The van der Waals surface area contributed by atoms with Crippen molar-refractivity contribution < 1.29 is 4.39 Å². The van der Waals surface area contributed by atoms with E-state index in [1.807, 2.05) is 0 Å². The molecule has 0 aliphatic heterocycles. The van der Waals surface area contributed by atoms with Gasteiger partial charge >= 0.3 is 0 Å². The number of alkyl halides is 1. The van der Waals surface area contributed by atoms with Crippen molar-refractivity contribution in [3.63, 3.8) is 0 Å². The summed E-state index contributed by atoms with van der Waals surface area (Å²) in [5.41, 5.74) is -0.447. The van der Waals surface area contributed by atoms with Crippen LogP contribution in [-0.2, 0) is 5.67 Å². The molecule has 0 bridgehead atoms. The minimum Gasteiger partial charge on any atom is -0.238 e. The molecule has 2 aromatic heterocycles. The fourth-order valence-corrected chi connectivity index (χ4v) is 1.23. The van der Waals surface area contributed by atoms with Gasteiger partial charge in [-0.25, -0.2) is 18.9 Å². The van der Waals surface area contributed by atoms with Crippen molar-refractivity contribution in [1.29, 1.82) is 0 Å². The van der Waals surface area contributed by atoms with Crippen LogP contribution >= 0.6 is 0 Å². The Morgan fingerprint density at radius 3 is 2.79 bits per heavy atom. The summed E-state index contributed by atoms with van der Waals surface area (Å²) >= 11 is 0. The molecule has 2 aromatic rings. The van der Waals surface area contributed by atoms with Crippen LogP contribution < -0.4 is 0 Å². The van der Waals surface area contributed by atoms with Crippen molar-refractivity contribution in [1.82, 2.24) is 19.6 Å². The van der Waals surface area contributed by atoms with Crippen LogP contribution in [0, 0.1) is 6.92 Å². The highest BCUT2D eigenvalue weighted by molar-refractivity contribution is 5.38. The Morgan fingerprint density at radius 2 is 2.14 bits per heavy atom. The van der Waals surface area contributed by atoms with Gasteiger partial charge in [-0.1, -0.05) is 0 Å². The number of hydrogen-bond acceptors (Lipinski definition) is 3. The summed E-state index contributed by atoms with van der Waals surface area (Å²) in [5, 5.41) is 4.06. The number of aromatic nitrogens is 4. The van der Waals surface area contributed by atoms with E-state index in [0.29, 0.717) is 17.2 Å². The summed E-state index contributed by atoms with van der Waals surface area (Å²) in [6.07, 6.45) is 1.48. The molecule has 0 aromatic carbocycles. The fraction of sp³-hybridized carbons (Fsp3) is 0.444. The van der Waals surface area contributed by atoms with Gasteiger partial charge in [0.15, 0.2) is 5.65 Å². The number of fused-ring (bicyclic) bond motifs is 1.